The fraction of sp³-hybridized carbons (Fsp3) is 0.357. The highest BCUT2D eigenvalue weighted by molar-refractivity contribution is 7.93. The summed E-state index contributed by atoms with van der Waals surface area (Å²) in [6, 6.07) is 9.98. The van der Waals surface area contributed by atoms with Gasteiger partial charge in [0.25, 0.3) is 10.0 Å². The smallest absolute Gasteiger partial charge is 0.336 e. The molecule has 0 spiro atoms. The molecule has 0 aliphatic heterocycles. The monoisotopic (exact) mass is 510 g/mol. The van der Waals surface area contributed by atoms with Crippen molar-refractivity contribution in [1.82, 2.24) is 5.16 Å². The Hall–Kier alpha value is -3.39. The van der Waals surface area contributed by atoms with Crippen molar-refractivity contribution in [3.8, 4) is 11.1 Å². The number of aryl methyl sites for hydroxylation is 1. The molecule has 36 heavy (non-hydrogen) atoms. The number of aromatic nitrogens is 1. The fourth-order valence-electron chi connectivity index (χ4n) is 4.45. The number of hydrogen-bond acceptors (Lipinski definition) is 5. The van der Waals surface area contributed by atoms with Crippen molar-refractivity contribution in [2.45, 2.75) is 70.6 Å². The summed E-state index contributed by atoms with van der Waals surface area (Å²) in [4.78, 5) is 12.0. The van der Waals surface area contributed by atoms with Crippen LogP contribution in [0.5, 0.6) is 0 Å². The molecule has 192 valence electrons. The third kappa shape index (κ3) is 5.70. The van der Waals surface area contributed by atoms with Crippen LogP contribution in [0, 0.1) is 20.8 Å². The van der Waals surface area contributed by atoms with E-state index in [9.17, 15) is 18.3 Å². The van der Waals surface area contributed by atoms with E-state index < -0.39 is 16.0 Å². The van der Waals surface area contributed by atoms with Crippen LogP contribution in [0.15, 0.2) is 58.5 Å². The highest BCUT2D eigenvalue weighted by Gasteiger charge is 2.29. The molecule has 1 unspecified atom stereocenters. The topological polar surface area (TPSA) is 110 Å². The van der Waals surface area contributed by atoms with Crippen LogP contribution in [0.25, 0.3) is 11.1 Å². The molecule has 8 heteroatoms. The first kappa shape index (κ1) is 27.2. The molecule has 0 fully saturated rings. The average molecular weight is 511 g/mol. The summed E-state index contributed by atoms with van der Waals surface area (Å²) in [7, 11) is -4.18. The Morgan fingerprint density at radius 1 is 1.08 bits per heavy atom. The second-order valence-electron chi connectivity index (χ2n) is 9.03. The van der Waals surface area contributed by atoms with E-state index in [-0.39, 0.29) is 22.3 Å². The summed E-state index contributed by atoms with van der Waals surface area (Å²) in [6.07, 6.45) is 7.08. The zero-order valence-corrected chi connectivity index (χ0v) is 22.1. The number of carboxylic acids is 1. The Balaban J connectivity index is 2.21. The Labute approximate surface area is 213 Å². The number of anilines is 1. The molecule has 0 aliphatic rings. The third-order valence-electron chi connectivity index (χ3n) is 6.60. The fourth-order valence-corrected chi connectivity index (χ4v) is 5.97. The lowest BCUT2D eigenvalue weighted by atomic mass is 9.87. The molecule has 1 atom stereocenters. The van der Waals surface area contributed by atoms with E-state index in [0.717, 1.165) is 37.7 Å². The average Bonchev–Trinajstić information content (AvgIpc) is 3.15. The first-order chi connectivity index (χ1) is 17.1. The van der Waals surface area contributed by atoms with Gasteiger partial charge in [0.05, 0.1) is 16.2 Å². The molecular weight excluding hydrogens is 476 g/mol. The van der Waals surface area contributed by atoms with Crippen LogP contribution < -0.4 is 4.72 Å². The molecule has 7 nitrogen and oxygen atoms in total. The van der Waals surface area contributed by atoms with Crippen LogP contribution in [0.2, 0.25) is 0 Å². The van der Waals surface area contributed by atoms with Crippen molar-refractivity contribution in [1.29, 1.82) is 0 Å². The van der Waals surface area contributed by atoms with Crippen molar-refractivity contribution in [2.75, 3.05) is 4.72 Å². The molecule has 1 heterocycles. The van der Waals surface area contributed by atoms with E-state index in [2.05, 4.69) is 23.4 Å². The van der Waals surface area contributed by atoms with Gasteiger partial charge in [-0.15, -0.1) is 6.58 Å². The van der Waals surface area contributed by atoms with Crippen LogP contribution in [-0.2, 0) is 10.0 Å². The van der Waals surface area contributed by atoms with Crippen molar-refractivity contribution in [3.05, 3.63) is 77.0 Å². The van der Waals surface area contributed by atoms with Crippen LogP contribution in [0.3, 0.4) is 0 Å². The number of rotatable bonds is 12. The lowest BCUT2D eigenvalue weighted by Gasteiger charge is -2.22. The minimum Gasteiger partial charge on any atom is -0.478 e. The summed E-state index contributed by atoms with van der Waals surface area (Å²) >= 11 is 0. The van der Waals surface area contributed by atoms with Crippen molar-refractivity contribution in [3.63, 3.8) is 0 Å². The number of unbranched alkanes of at least 4 members (excludes halogenated alkanes) is 3. The van der Waals surface area contributed by atoms with Gasteiger partial charge in [0.2, 0.25) is 5.88 Å². The van der Waals surface area contributed by atoms with E-state index in [4.69, 9.17) is 4.52 Å². The molecule has 3 aromatic rings. The molecule has 0 bridgehead atoms. The first-order valence-corrected chi connectivity index (χ1v) is 13.6. The SMILES string of the molecule is C=CC(CCCCCC)c1ccc(-c2ccccc2C(=O)O)c(S(=O)(=O)Nc2onc(C)c2C)c1C. The number of benzene rings is 2. The minimum atomic E-state index is -4.18. The van der Waals surface area contributed by atoms with Gasteiger partial charge in [-0.2, -0.15) is 0 Å². The number of nitrogens with one attached hydrogen (secondary N) is 1. The summed E-state index contributed by atoms with van der Waals surface area (Å²) in [6.45, 7) is 11.4. The van der Waals surface area contributed by atoms with Gasteiger partial charge in [0.1, 0.15) is 0 Å². The molecule has 1 aromatic heterocycles. The first-order valence-electron chi connectivity index (χ1n) is 12.2. The summed E-state index contributed by atoms with van der Waals surface area (Å²) in [5, 5.41) is 13.6. The number of carbonyl (C=O) groups is 1. The van der Waals surface area contributed by atoms with Gasteiger partial charge in [0, 0.05) is 17.0 Å². The number of nitrogens with zero attached hydrogens (tertiary/aromatic N) is 1. The van der Waals surface area contributed by atoms with Crippen molar-refractivity contribution in [2.24, 2.45) is 0 Å². The van der Waals surface area contributed by atoms with Gasteiger partial charge in [0.15, 0.2) is 0 Å². The van der Waals surface area contributed by atoms with E-state index >= 15 is 0 Å². The largest absolute Gasteiger partial charge is 0.478 e. The number of sulfonamides is 1. The number of allylic oxidation sites excluding steroid dienone is 1. The normalized spacial score (nSPS) is 12.3. The van der Waals surface area contributed by atoms with Gasteiger partial charge >= 0.3 is 5.97 Å². The second kappa shape index (κ2) is 11.6. The maximum Gasteiger partial charge on any atom is 0.336 e. The van der Waals surface area contributed by atoms with Crippen LogP contribution in [-0.4, -0.2) is 24.7 Å². The summed E-state index contributed by atoms with van der Waals surface area (Å²) in [5.74, 6) is -1.13. The molecule has 2 N–H and O–H groups in total. The van der Waals surface area contributed by atoms with E-state index in [1.807, 2.05) is 12.1 Å². The highest BCUT2D eigenvalue weighted by atomic mass is 32.2. The predicted octanol–water partition coefficient (Wildman–Crippen LogP) is 7.01. The Morgan fingerprint density at radius 2 is 1.81 bits per heavy atom. The number of aromatic carboxylic acids is 1. The maximum atomic E-state index is 13.8. The van der Waals surface area contributed by atoms with Crippen molar-refractivity contribution >= 4 is 21.9 Å². The number of hydrogen-bond donors (Lipinski definition) is 2. The Bertz CT molecular complexity index is 1360. The molecular formula is C28H34N2O5S. The molecule has 0 amide bonds. The minimum absolute atomic E-state index is 0.0163. The summed E-state index contributed by atoms with van der Waals surface area (Å²) < 4.78 is 35.5. The molecule has 0 aliphatic carbocycles. The van der Waals surface area contributed by atoms with E-state index in [1.54, 1.807) is 45.0 Å². The molecule has 3 rings (SSSR count). The van der Waals surface area contributed by atoms with Gasteiger partial charge < -0.3 is 9.63 Å². The van der Waals surface area contributed by atoms with Gasteiger partial charge in [-0.1, -0.05) is 74.2 Å². The summed E-state index contributed by atoms with van der Waals surface area (Å²) in [5.41, 5.74) is 3.22. The van der Waals surface area contributed by atoms with E-state index in [0.29, 0.717) is 27.9 Å². The van der Waals surface area contributed by atoms with Crippen LogP contribution in [0.1, 0.15) is 77.7 Å². The quantitative estimate of drug-likeness (QED) is 0.200. The van der Waals surface area contributed by atoms with Crippen molar-refractivity contribution < 1.29 is 22.8 Å². The van der Waals surface area contributed by atoms with Crippen LogP contribution >= 0.6 is 0 Å². The lowest BCUT2D eigenvalue weighted by molar-refractivity contribution is 0.0697. The van der Waals surface area contributed by atoms with Gasteiger partial charge in [-0.25, -0.2) is 17.9 Å². The second-order valence-corrected chi connectivity index (χ2v) is 10.6. The third-order valence-corrected chi connectivity index (χ3v) is 8.12. The van der Waals surface area contributed by atoms with Gasteiger partial charge in [-0.3, -0.25) is 0 Å². The molecule has 2 aromatic carbocycles. The van der Waals surface area contributed by atoms with Crippen LogP contribution in [0.4, 0.5) is 5.88 Å². The Morgan fingerprint density at radius 3 is 2.42 bits per heavy atom. The van der Waals surface area contributed by atoms with Gasteiger partial charge in [-0.05, 0) is 49.9 Å². The number of carboxylic acid groups (broad SMARTS) is 1. The van der Waals surface area contributed by atoms with E-state index in [1.165, 1.54) is 6.07 Å². The maximum absolute atomic E-state index is 13.8. The molecule has 0 saturated carbocycles. The zero-order valence-electron chi connectivity index (χ0n) is 21.3. The highest BCUT2D eigenvalue weighted by Crippen LogP contribution is 2.38. The standard InChI is InChI=1S/C28H34N2O5S/c1-6-8-9-10-13-21(7-2)22-16-17-24(23-14-11-12-15-25(23)28(31)32)26(19(22)4)36(33,34)30-27-18(3)20(5)29-35-27/h7,11-12,14-17,21,30H,2,6,8-10,13H2,1,3-5H3,(H,31,32). The predicted molar refractivity (Wildman–Crippen MR) is 142 cm³/mol. The Kier molecular flexibility index (Phi) is 8.74. The molecule has 0 saturated heterocycles. The molecule has 0 radical (unpaired) electrons. The lowest BCUT2D eigenvalue weighted by Crippen LogP contribution is -2.18. The zero-order chi connectivity index (χ0) is 26.5.